The topological polar surface area (TPSA) is 108 Å². The van der Waals surface area contributed by atoms with Gasteiger partial charge in [0.25, 0.3) is 5.91 Å². The predicted octanol–water partition coefficient (Wildman–Crippen LogP) is 3.18. The Bertz CT molecular complexity index is 1570. The van der Waals surface area contributed by atoms with Gasteiger partial charge in [-0.3, -0.25) is 9.48 Å². The first-order valence-electron chi connectivity index (χ1n) is 13.3. The smallest absolute Gasteiger partial charge is 0.255 e. The Morgan fingerprint density at radius 1 is 1.20 bits per heavy atom. The second-order valence-electron chi connectivity index (χ2n) is 10.6. The number of rotatable bonds is 9. The number of amides is 1. The summed E-state index contributed by atoms with van der Waals surface area (Å²) >= 11 is 0. The summed E-state index contributed by atoms with van der Waals surface area (Å²) in [7, 11) is 2.96. The van der Waals surface area contributed by atoms with E-state index in [2.05, 4.69) is 44.2 Å². The molecule has 0 atom stereocenters. The van der Waals surface area contributed by atoms with Crippen molar-refractivity contribution in [1.82, 2.24) is 35.4 Å². The van der Waals surface area contributed by atoms with E-state index < -0.39 is 5.82 Å². The Labute approximate surface area is 231 Å². The van der Waals surface area contributed by atoms with Crippen molar-refractivity contribution in [2.75, 3.05) is 20.8 Å². The molecule has 2 N–H and O–H groups in total. The zero-order valence-electron chi connectivity index (χ0n) is 22.8. The highest BCUT2D eigenvalue weighted by Gasteiger charge is 2.46. The summed E-state index contributed by atoms with van der Waals surface area (Å²) in [6.07, 6.45) is 5.88. The standard InChI is InChI=1S/C29H32FN7O3/c1-18-13-37(35-33-18)25-6-7-26(40-3)27(30)21(25)12-32-28(38)22-15-36(34-24(22)16-39-2)14-19-4-5-23-20(10-19)11-31-17-29(23)8-9-29/h4-7,10,13,15,31H,8-9,11-12,14,16-17H2,1-3H3,(H,32,38). The van der Waals surface area contributed by atoms with Crippen molar-refractivity contribution < 1.29 is 18.7 Å². The predicted molar refractivity (Wildman–Crippen MR) is 145 cm³/mol. The van der Waals surface area contributed by atoms with Crippen LogP contribution < -0.4 is 15.4 Å². The van der Waals surface area contributed by atoms with Crippen molar-refractivity contribution >= 4 is 5.91 Å². The summed E-state index contributed by atoms with van der Waals surface area (Å²) in [5.41, 5.74) is 6.49. The molecule has 1 spiro atoms. The summed E-state index contributed by atoms with van der Waals surface area (Å²) < 4.78 is 29.0. The van der Waals surface area contributed by atoms with Crippen LogP contribution in [-0.4, -0.2) is 51.4 Å². The second kappa shape index (κ2) is 10.5. The molecule has 208 valence electrons. The molecule has 0 radical (unpaired) electrons. The molecule has 10 nitrogen and oxygen atoms in total. The molecule has 6 rings (SSSR count). The molecular formula is C29H32FN7O3. The first-order chi connectivity index (χ1) is 19.4. The molecule has 1 saturated carbocycles. The molecular weight excluding hydrogens is 513 g/mol. The van der Waals surface area contributed by atoms with Crippen LogP contribution in [0.5, 0.6) is 5.75 Å². The van der Waals surface area contributed by atoms with Crippen LogP contribution in [0.3, 0.4) is 0 Å². The minimum Gasteiger partial charge on any atom is -0.494 e. The van der Waals surface area contributed by atoms with Gasteiger partial charge in [0, 0.05) is 43.9 Å². The highest BCUT2D eigenvalue weighted by Crippen LogP contribution is 2.50. The van der Waals surface area contributed by atoms with Crippen LogP contribution in [0.4, 0.5) is 4.39 Å². The molecule has 2 aromatic carbocycles. The van der Waals surface area contributed by atoms with Crippen LogP contribution in [0.25, 0.3) is 5.69 Å². The number of halogens is 1. The van der Waals surface area contributed by atoms with E-state index in [4.69, 9.17) is 9.47 Å². The average molecular weight is 546 g/mol. The third-order valence-electron chi connectivity index (χ3n) is 7.77. The molecule has 2 aliphatic rings. The number of aryl methyl sites for hydroxylation is 1. The number of ether oxygens (including phenoxy) is 2. The molecule has 1 aliphatic heterocycles. The third kappa shape index (κ3) is 4.86. The van der Waals surface area contributed by atoms with Gasteiger partial charge in [0.2, 0.25) is 0 Å². The first kappa shape index (κ1) is 26.1. The van der Waals surface area contributed by atoms with E-state index in [0.717, 1.165) is 18.7 Å². The average Bonchev–Trinajstić information content (AvgIpc) is 3.39. The summed E-state index contributed by atoms with van der Waals surface area (Å²) in [6.45, 7) is 4.31. The van der Waals surface area contributed by atoms with Gasteiger partial charge in [0.05, 0.1) is 43.4 Å². The zero-order valence-corrected chi connectivity index (χ0v) is 22.8. The number of hydrogen-bond acceptors (Lipinski definition) is 7. The third-order valence-corrected chi connectivity index (χ3v) is 7.77. The van der Waals surface area contributed by atoms with E-state index >= 15 is 4.39 Å². The molecule has 40 heavy (non-hydrogen) atoms. The maximum Gasteiger partial charge on any atom is 0.255 e. The normalized spacial score (nSPS) is 15.2. The lowest BCUT2D eigenvalue weighted by atomic mass is 9.87. The lowest BCUT2D eigenvalue weighted by molar-refractivity contribution is 0.0945. The summed E-state index contributed by atoms with van der Waals surface area (Å²) in [5, 5.41) is 19.1. The number of carbonyl (C=O) groups is 1. The molecule has 4 aromatic rings. The molecule has 2 aromatic heterocycles. The van der Waals surface area contributed by atoms with Crippen molar-refractivity contribution in [3.05, 3.63) is 87.7 Å². The highest BCUT2D eigenvalue weighted by atomic mass is 19.1. The SMILES string of the molecule is COCc1nn(Cc2ccc3c(c2)CNCC32CC2)cc1C(=O)NCc1c(-n2cc(C)nn2)ccc(OC)c1F. The van der Waals surface area contributed by atoms with E-state index in [-0.39, 0.29) is 30.4 Å². The van der Waals surface area contributed by atoms with Crippen LogP contribution in [0, 0.1) is 12.7 Å². The summed E-state index contributed by atoms with van der Waals surface area (Å²) in [4.78, 5) is 13.4. The summed E-state index contributed by atoms with van der Waals surface area (Å²) in [5.74, 6) is -0.881. The van der Waals surface area contributed by atoms with Crippen LogP contribution in [0.1, 0.15) is 56.8 Å². The summed E-state index contributed by atoms with van der Waals surface area (Å²) in [6, 6.07) is 9.85. The minimum atomic E-state index is -0.573. The minimum absolute atomic E-state index is 0.0746. The number of nitrogens with one attached hydrogen (secondary N) is 2. The van der Waals surface area contributed by atoms with E-state index in [1.54, 1.807) is 37.2 Å². The van der Waals surface area contributed by atoms with Crippen molar-refractivity contribution in [3.63, 3.8) is 0 Å². The van der Waals surface area contributed by atoms with Crippen molar-refractivity contribution in [3.8, 4) is 11.4 Å². The molecule has 0 unspecified atom stereocenters. The van der Waals surface area contributed by atoms with E-state index in [1.807, 2.05) is 0 Å². The number of fused-ring (bicyclic) bond motifs is 2. The lowest BCUT2D eigenvalue weighted by Gasteiger charge is -2.26. The number of benzene rings is 2. The van der Waals surface area contributed by atoms with E-state index in [0.29, 0.717) is 34.6 Å². The van der Waals surface area contributed by atoms with Crippen molar-refractivity contribution in [2.24, 2.45) is 0 Å². The van der Waals surface area contributed by atoms with Crippen LogP contribution in [0.2, 0.25) is 0 Å². The molecule has 0 saturated heterocycles. The molecule has 11 heteroatoms. The molecule has 1 amide bonds. The van der Waals surface area contributed by atoms with Gasteiger partial charge < -0.3 is 20.1 Å². The second-order valence-corrected chi connectivity index (χ2v) is 10.6. The van der Waals surface area contributed by atoms with Gasteiger partial charge in [-0.2, -0.15) is 5.10 Å². The van der Waals surface area contributed by atoms with Crippen LogP contribution in [0.15, 0.2) is 42.7 Å². The molecule has 1 fully saturated rings. The largest absolute Gasteiger partial charge is 0.494 e. The molecule has 1 aliphatic carbocycles. The van der Waals surface area contributed by atoms with E-state index in [9.17, 15) is 4.79 Å². The molecule has 3 heterocycles. The lowest BCUT2D eigenvalue weighted by Crippen LogP contribution is -2.33. The first-order valence-corrected chi connectivity index (χ1v) is 13.3. The van der Waals surface area contributed by atoms with Gasteiger partial charge in [0.1, 0.15) is 5.69 Å². The zero-order chi connectivity index (χ0) is 27.9. The quantitative estimate of drug-likeness (QED) is 0.333. The Hall–Kier alpha value is -4.09. The number of aromatic nitrogens is 5. The van der Waals surface area contributed by atoms with Crippen LogP contribution >= 0.6 is 0 Å². The van der Waals surface area contributed by atoms with Gasteiger partial charge >= 0.3 is 0 Å². The number of nitrogens with zero attached hydrogens (tertiary/aromatic N) is 5. The van der Waals surface area contributed by atoms with Gasteiger partial charge in [-0.05, 0) is 48.6 Å². The fourth-order valence-corrected chi connectivity index (χ4v) is 5.56. The number of carbonyl (C=O) groups excluding carboxylic acids is 1. The van der Waals surface area contributed by atoms with Gasteiger partial charge in [-0.25, -0.2) is 9.07 Å². The fraction of sp³-hybridized carbons (Fsp3) is 0.379. The fourth-order valence-electron chi connectivity index (χ4n) is 5.56. The van der Waals surface area contributed by atoms with Crippen LogP contribution in [-0.2, 0) is 36.4 Å². The highest BCUT2D eigenvalue weighted by molar-refractivity contribution is 5.95. The Balaban J connectivity index is 1.23. The number of hydrogen-bond donors (Lipinski definition) is 2. The van der Waals surface area contributed by atoms with Gasteiger partial charge in [0.15, 0.2) is 11.6 Å². The van der Waals surface area contributed by atoms with Gasteiger partial charge in [-0.1, -0.05) is 23.4 Å². The van der Waals surface area contributed by atoms with E-state index in [1.165, 1.54) is 41.8 Å². The maximum atomic E-state index is 15.3. The van der Waals surface area contributed by atoms with Gasteiger partial charge in [-0.15, -0.1) is 5.10 Å². The Kier molecular flexibility index (Phi) is 6.85. The Morgan fingerprint density at radius 2 is 2.05 bits per heavy atom. The maximum absolute atomic E-state index is 15.3. The number of methoxy groups -OCH3 is 2. The molecule has 0 bridgehead atoms. The van der Waals surface area contributed by atoms with Crippen molar-refractivity contribution in [2.45, 2.75) is 51.4 Å². The Morgan fingerprint density at radius 3 is 2.77 bits per heavy atom. The monoisotopic (exact) mass is 545 g/mol. The van der Waals surface area contributed by atoms with Crippen molar-refractivity contribution in [1.29, 1.82) is 0 Å².